The Morgan fingerprint density at radius 3 is 2.49 bits per heavy atom. The highest BCUT2D eigenvalue weighted by Crippen LogP contribution is 2.65. The monoisotopic (exact) mass is 487 g/mol. The molecule has 3 N–H and O–H groups in total. The Morgan fingerprint density at radius 1 is 1.17 bits per heavy atom. The van der Waals surface area contributed by atoms with Crippen LogP contribution in [-0.2, 0) is 19.1 Å². The van der Waals surface area contributed by atoms with Gasteiger partial charge in [0.2, 0.25) is 17.7 Å². The molecule has 3 amide bonds. The van der Waals surface area contributed by atoms with Gasteiger partial charge in [-0.15, -0.1) is 0 Å². The van der Waals surface area contributed by atoms with Crippen LogP contribution in [0.15, 0.2) is 24.3 Å². The van der Waals surface area contributed by atoms with Crippen molar-refractivity contribution in [2.75, 3.05) is 32.6 Å². The Bertz CT molecular complexity index is 968. The average molecular weight is 488 g/mol. The number of amides is 3. The standard InChI is InChI=1S/C26H37N3O6/c1-16-15-26-20(19(22(31)27-3)25(16,2)35-26)24(33)29(13-7-5-6-8-14-30)21(26)23(32)28-17-9-11-18(34-4)12-10-17/h9-12,16,19-21,30H,5-8,13-15H2,1-4H3,(H,27,31)(H,28,32)/t16?,19-,20-,21?,25+,26?/m0/s1. The Balaban J connectivity index is 1.66. The van der Waals surface area contributed by atoms with Gasteiger partial charge in [-0.25, -0.2) is 0 Å². The lowest BCUT2D eigenvalue weighted by Gasteiger charge is -2.36. The van der Waals surface area contributed by atoms with E-state index < -0.39 is 29.1 Å². The van der Waals surface area contributed by atoms with Crippen molar-refractivity contribution in [2.45, 2.75) is 63.2 Å². The first kappa shape index (κ1) is 25.4. The first-order chi connectivity index (χ1) is 16.7. The third-order valence-corrected chi connectivity index (χ3v) is 8.26. The maximum absolute atomic E-state index is 13.9. The zero-order valence-corrected chi connectivity index (χ0v) is 21.0. The average Bonchev–Trinajstić information content (AvgIpc) is 3.35. The van der Waals surface area contributed by atoms with Crippen molar-refractivity contribution < 1.29 is 29.0 Å². The molecule has 0 aromatic heterocycles. The maximum atomic E-state index is 13.9. The number of benzene rings is 1. The first-order valence-electron chi connectivity index (χ1n) is 12.5. The Hall–Kier alpha value is -2.65. The van der Waals surface area contributed by atoms with Gasteiger partial charge in [0.25, 0.3) is 0 Å². The minimum Gasteiger partial charge on any atom is -0.497 e. The second kappa shape index (κ2) is 9.78. The number of aliphatic hydroxyl groups excluding tert-OH is 1. The van der Waals surface area contributed by atoms with Crippen molar-refractivity contribution in [1.29, 1.82) is 0 Å². The van der Waals surface area contributed by atoms with E-state index in [0.29, 0.717) is 37.2 Å². The molecule has 1 spiro atoms. The lowest BCUT2D eigenvalue weighted by atomic mass is 9.62. The minimum absolute atomic E-state index is 0.00893. The van der Waals surface area contributed by atoms with E-state index in [1.807, 2.05) is 13.8 Å². The van der Waals surface area contributed by atoms with Gasteiger partial charge in [0.05, 0.1) is 24.5 Å². The van der Waals surface area contributed by atoms with E-state index in [1.54, 1.807) is 43.3 Å². The number of carbonyl (C=O) groups excluding carboxylic acids is 3. The molecular weight excluding hydrogens is 450 g/mol. The molecule has 35 heavy (non-hydrogen) atoms. The van der Waals surface area contributed by atoms with Crippen LogP contribution >= 0.6 is 0 Å². The number of rotatable bonds is 10. The van der Waals surface area contributed by atoms with Crippen LogP contribution in [-0.4, -0.2) is 72.3 Å². The zero-order chi connectivity index (χ0) is 25.4. The third-order valence-electron chi connectivity index (χ3n) is 8.26. The topological polar surface area (TPSA) is 117 Å². The largest absolute Gasteiger partial charge is 0.497 e. The summed E-state index contributed by atoms with van der Waals surface area (Å²) in [5.74, 6) is -1.39. The predicted octanol–water partition coefficient (Wildman–Crippen LogP) is 1.94. The Labute approximate surface area is 206 Å². The summed E-state index contributed by atoms with van der Waals surface area (Å²) in [6.45, 7) is 4.47. The van der Waals surface area contributed by atoms with Crippen molar-refractivity contribution >= 4 is 23.4 Å². The fourth-order valence-electron chi connectivity index (χ4n) is 6.47. The lowest BCUT2D eigenvalue weighted by molar-refractivity contribution is -0.146. The highest BCUT2D eigenvalue weighted by Gasteiger charge is 2.79. The van der Waals surface area contributed by atoms with Crippen molar-refractivity contribution in [3.05, 3.63) is 24.3 Å². The van der Waals surface area contributed by atoms with Crippen LogP contribution in [0.1, 0.15) is 46.0 Å². The van der Waals surface area contributed by atoms with E-state index in [-0.39, 0.29) is 30.2 Å². The second-order valence-corrected chi connectivity index (χ2v) is 10.2. The van der Waals surface area contributed by atoms with Crippen molar-refractivity contribution in [3.63, 3.8) is 0 Å². The molecule has 3 fully saturated rings. The van der Waals surface area contributed by atoms with Crippen LogP contribution in [0.3, 0.4) is 0 Å². The number of likely N-dealkylation sites (tertiary alicyclic amines) is 1. The number of unbranched alkanes of at least 4 members (excludes halogenated alkanes) is 3. The molecule has 9 nitrogen and oxygen atoms in total. The van der Waals surface area contributed by atoms with E-state index in [4.69, 9.17) is 14.6 Å². The van der Waals surface area contributed by atoms with Gasteiger partial charge in [-0.3, -0.25) is 14.4 Å². The van der Waals surface area contributed by atoms with Crippen LogP contribution < -0.4 is 15.4 Å². The van der Waals surface area contributed by atoms with E-state index >= 15 is 0 Å². The molecule has 3 aliphatic heterocycles. The molecule has 1 aromatic carbocycles. The number of ether oxygens (including phenoxy) is 2. The fraction of sp³-hybridized carbons (Fsp3) is 0.654. The number of carbonyl (C=O) groups is 3. The summed E-state index contributed by atoms with van der Waals surface area (Å²) >= 11 is 0. The zero-order valence-electron chi connectivity index (χ0n) is 21.0. The van der Waals surface area contributed by atoms with E-state index in [9.17, 15) is 14.4 Å². The molecule has 2 bridgehead atoms. The smallest absolute Gasteiger partial charge is 0.250 e. The van der Waals surface area contributed by atoms with Gasteiger partial charge in [-0.1, -0.05) is 19.8 Å². The molecule has 4 rings (SSSR count). The number of methoxy groups -OCH3 is 1. The quantitative estimate of drug-likeness (QED) is 0.434. The fourth-order valence-corrected chi connectivity index (χ4v) is 6.47. The highest BCUT2D eigenvalue weighted by molar-refractivity contribution is 6.03. The number of hydrogen-bond donors (Lipinski definition) is 3. The van der Waals surface area contributed by atoms with Crippen molar-refractivity contribution in [3.8, 4) is 5.75 Å². The highest BCUT2D eigenvalue weighted by atomic mass is 16.5. The number of fused-ring (bicyclic) bond motifs is 1. The molecule has 3 aliphatic rings. The Kier molecular flexibility index (Phi) is 7.11. The predicted molar refractivity (Wildman–Crippen MR) is 130 cm³/mol. The Morgan fingerprint density at radius 2 is 1.86 bits per heavy atom. The van der Waals surface area contributed by atoms with Gasteiger partial charge in [0.1, 0.15) is 17.4 Å². The molecule has 0 radical (unpaired) electrons. The van der Waals surface area contributed by atoms with Crippen molar-refractivity contribution in [1.82, 2.24) is 10.2 Å². The van der Waals surface area contributed by atoms with Gasteiger partial charge in [0.15, 0.2) is 0 Å². The van der Waals surface area contributed by atoms with Crippen LogP contribution in [0, 0.1) is 17.8 Å². The molecule has 9 heteroatoms. The molecule has 6 atom stereocenters. The normalized spacial score (nSPS) is 33.1. The van der Waals surface area contributed by atoms with Gasteiger partial charge < -0.3 is 30.1 Å². The lowest BCUT2D eigenvalue weighted by Crippen LogP contribution is -2.54. The molecule has 0 saturated carbocycles. The van der Waals surface area contributed by atoms with Crippen LogP contribution in [0.4, 0.5) is 5.69 Å². The number of hydrogen-bond acceptors (Lipinski definition) is 6. The molecule has 192 valence electrons. The van der Waals surface area contributed by atoms with E-state index in [1.165, 1.54) is 0 Å². The second-order valence-electron chi connectivity index (χ2n) is 10.2. The number of nitrogens with one attached hydrogen (secondary N) is 2. The number of aliphatic hydroxyl groups is 1. The van der Waals surface area contributed by atoms with Gasteiger partial charge in [-0.05, 0) is 56.4 Å². The number of nitrogens with zero attached hydrogens (tertiary/aromatic N) is 1. The minimum atomic E-state index is -1.05. The maximum Gasteiger partial charge on any atom is 0.250 e. The molecule has 3 heterocycles. The number of anilines is 1. The van der Waals surface area contributed by atoms with Crippen LogP contribution in [0.25, 0.3) is 0 Å². The van der Waals surface area contributed by atoms with Gasteiger partial charge >= 0.3 is 0 Å². The van der Waals surface area contributed by atoms with Crippen LogP contribution in [0.5, 0.6) is 5.75 Å². The molecule has 1 aromatic rings. The molecular formula is C26H37N3O6. The summed E-state index contributed by atoms with van der Waals surface area (Å²) in [6, 6.07) is 6.20. The summed E-state index contributed by atoms with van der Waals surface area (Å²) in [5.41, 5.74) is -1.27. The van der Waals surface area contributed by atoms with Gasteiger partial charge in [-0.2, -0.15) is 0 Å². The summed E-state index contributed by atoms with van der Waals surface area (Å²) in [4.78, 5) is 42.3. The van der Waals surface area contributed by atoms with Gasteiger partial charge in [0, 0.05) is 25.9 Å². The van der Waals surface area contributed by atoms with Crippen LogP contribution in [0.2, 0.25) is 0 Å². The molecule has 3 unspecified atom stereocenters. The first-order valence-corrected chi connectivity index (χ1v) is 12.5. The summed E-state index contributed by atoms with van der Waals surface area (Å²) < 4.78 is 11.8. The summed E-state index contributed by atoms with van der Waals surface area (Å²) in [6.07, 6.45) is 3.64. The summed E-state index contributed by atoms with van der Waals surface area (Å²) in [7, 11) is 3.15. The van der Waals surface area contributed by atoms with E-state index in [2.05, 4.69) is 10.6 Å². The molecule has 3 saturated heterocycles. The summed E-state index contributed by atoms with van der Waals surface area (Å²) in [5, 5.41) is 14.7. The van der Waals surface area contributed by atoms with E-state index in [0.717, 1.165) is 12.8 Å². The van der Waals surface area contributed by atoms with Crippen molar-refractivity contribution in [2.24, 2.45) is 17.8 Å². The SMILES string of the molecule is CNC(=O)[C@@H]1[C@H]2C(=O)N(CCCCCCO)C(C(=O)Nc3ccc(OC)cc3)C23CC(C)[C@@]1(C)O3. The molecule has 0 aliphatic carbocycles. The third kappa shape index (κ3) is 4.08.